The zero-order chi connectivity index (χ0) is 26.6. The fraction of sp³-hybridized carbons (Fsp3) is 0.207. The average molecular weight is 546 g/mol. The summed E-state index contributed by atoms with van der Waals surface area (Å²) in [6.45, 7) is 6.31. The van der Waals surface area contributed by atoms with Gasteiger partial charge in [0.1, 0.15) is 18.4 Å². The van der Waals surface area contributed by atoms with Crippen LogP contribution in [0.5, 0.6) is 5.75 Å². The van der Waals surface area contributed by atoms with E-state index in [9.17, 15) is 4.79 Å². The lowest BCUT2D eigenvalue weighted by Crippen LogP contribution is -2.31. The van der Waals surface area contributed by atoms with Gasteiger partial charge in [-0.15, -0.1) is 5.10 Å². The fourth-order valence-corrected chi connectivity index (χ4v) is 5.11. The van der Waals surface area contributed by atoms with E-state index in [0.29, 0.717) is 34.1 Å². The van der Waals surface area contributed by atoms with Gasteiger partial charge in [0.05, 0.1) is 5.57 Å². The second-order valence-corrected chi connectivity index (χ2v) is 10.6. The summed E-state index contributed by atoms with van der Waals surface area (Å²) in [6.07, 6.45) is 0. The van der Waals surface area contributed by atoms with Gasteiger partial charge in [-0.25, -0.2) is 4.68 Å². The van der Waals surface area contributed by atoms with E-state index < -0.39 is 6.04 Å². The molecule has 4 aromatic rings. The van der Waals surface area contributed by atoms with Gasteiger partial charge < -0.3 is 15.4 Å². The number of benzene rings is 3. The summed E-state index contributed by atoms with van der Waals surface area (Å²) >= 11 is 7.83. The molecule has 1 atom stereocenters. The van der Waals surface area contributed by atoms with Crippen molar-refractivity contribution in [3.8, 4) is 5.75 Å². The Morgan fingerprint density at radius 3 is 2.63 bits per heavy atom. The van der Waals surface area contributed by atoms with Crippen molar-refractivity contribution in [2.45, 2.75) is 38.6 Å². The molecule has 5 rings (SSSR count). The molecule has 9 heteroatoms. The van der Waals surface area contributed by atoms with Crippen LogP contribution in [0.1, 0.15) is 36.6 Å². The standard InChI is InChI=1S/C29H28ClN5O2S/c1-4-38-29-33-28-31-19(3)25(27(36)32-22-10-7-8-18(2)16-22)26(35(28)34-29)20-12-14-23(15-13-20)37-17-21-9-5-6-11-24(21)30/h5-16,26H,4,17H2,1-3H3,(H,32,36)(H,31,33,34). The maximum Gasteiger partial charge on any atom is 0.255 e. The highest BCUT2D eigenvalue weighted by molar-refractivity contribution is 7.99. The Balaban J connectivity index is 1.46. The molecule has 2 N–H and O–H groups in total. The quantitative estimate of drug-likeness (QED) is 0.235. The maximum absolute atomic E-state index is 13.7. The molecule has 38 heavy (non-hydrogen) atoms. The predicted octanol–water partition coefficient (Wildman–Crippen LogP) is 6.86. The van der Waals surface area contributed by atoms with Gasteiger partial charge in [0.2, 0.25) is 11.1 Å². The van der Waals surface area contributed by atoms with Gasteiger partial charge in [0.25, 0.3) is 5.91 Å². The summed E-state index contributed by atoms with van der Waals surface area (Å²) in [5.74, 6) is 1.96. The molecule has 0 fully saturated rings. The van der Waals surface area contributed by atoms with Crippen LogP contribution < -0.4 is 15.4 Å². The Morgan fingerprint density at radius 1 is 1.11 bits per heavy atom. The molecular weight excluding hydrogens is 518 g/mol. The van der Waals surface area contributed by atoms with E-state index >= 15 is 0 Å². The Kier molecular flexibility index (Phi) is 7.72. The number of allylic oxidation sites excluding steroid dienone is 1. The van der Waals surface area contributed by atoms with Crippen molar-refractivity contribution in [2.75, 3.05) is 16.4 Å². The molecule has 1 aliphatic rings. The number of nitrogens with zero attached hydrogens (tertiary/aromatic N) is 3. The van der Waals surface area contributed by atoms with Gasteiger partial charge in [-0.2, -0.15) is 4.98 Å². The number of carbonyl (C=O) groups is 1. The summed E-state index contributed by atoms with van der Waals surface area (Å²) in [6, 6.07) is 22.6. The Morgan fingerprint density at radius 2 is 1.89 bits per heavy atom. The highest BCUT2D eigenvalue weighted by Gasteiger charge is 2.34. The van der Waals surface area contributed by atoms with E-state index in [4.69, 9.17) is 21.4 Å². The summed E-state index contributed by atoms with van der Waals surface area (Å²) < 4.78 is 7.77. The Bertz CT molecular complexity index is 1500. The van der Waals surface area contributed by atoms with Crippen LogP contribution in [0.3, 0.4) is 0 Å². The van der Waals surface area contributed by atoms with Gasteiger partial charge in [0.15, 0.2) is 0 Å². The molecule has 0 saturated heterocycles. The molecule has 194 valence electrons. The van der Waals surface area contributed by atoms with Crippen molar-refractivity contribution in [3.05, 3.63) is 106 Å². The van der Waals surface area contributed by atoms with Crippen LogP contribution >= 0.6 is 23.4 Å². The van der Waals surface area contributed by atoms with E-state index in [0.717, 1.165) is 33.8 Å². The largest absolute Gasteiger partial charge is 0.489 e. The maximum atomic E-state index is 13.7. The molecule has 0 spiro atoms. The lowest BCUT2D eigenvalue weighted by molar-refractivity contribution is -0.113. The predicted molar refractivity (Wildman–Crippen MR) is 153 cm³/mol. The number of carbonyl (C=O) groups excluding carboxylic acids is 1. The molecule has 2 heterocycles. The molecule has 1 aliphatic heterocycles. The van der Waals surface area contributed by atoms with Gasteiger partial charge in [0, 0.05) is 22.0 Å². The first-order chi connectivity index (χ1) is 18.4. The number of halogens is 1. The first kappa shape index (κ1) is 25.9. The smallest absolute Gasteiger partial charge is 0.255 e. The highest BCUT2D eigenvalue weighted by Crippen LogP contribution is 2.37. The average Bonchev–Trinajstić information content (AvgIpc) is 3.30. The van der Waals surface area contributed by atoms with Crippen molar-refractivity contribution >= 4 is 40.9 Å². The van der Waals surface area contributed by atoms with E-state index in [-0.39, 0.29) is 5.91 Å². The topological polar surface area (TPSA) is 81.1 Å². The lowest BCUT2D eigenvalue weighted by Gasteiger charge is -2.28. The third-order valence-corrected chi connectivity index (χ3v) is 7.26. The van der Waals surface area contributed by atoms with Gasteiger partial charge in [-0.1, -0.05) is 72.8 Å². The van der Waals surface area contributed by atoms with Crippen LogP contribution in [0.4, 0.5) is 11.6 Å². The Hall–Kier alpha value is -3.75. The zero-order valence-corrected chi connectivity index (χ0v) is 22.9. The van der Waals surface area contributed by atoms with Gasteiger partial charge in [-0.05, 0) is 61.1 Å². The molecule has 0 aliphatic carbocycles. The minimum atomic E-state index is -0.465. The summed E-state index contributed by atoms with van der Waals surface area (Å²) in [7, 11) is 0. The minimum absolute atomic E-state index is 0.199. The van der Waals surface area contributed by atoms with Crippen LogP contribution in [-0.2, 0) is 11.4 Å². The van der Waals surface area contributed by atoms with Crippen molar-refractivity contribution < 1.29 is 9.53 Å². The molecule has 1 amide bonds. The zero-order valence-electron chi connectivity index (χ0n) is 21.4. The number of aryl methyl sites for hydroxylation is 1. The van der Waals surface area contributed by atoms with Crippen molar-refractivity contribution in [3.63, 3.8) is 0 Å². The number of hydrogen-bond donors (Lipinski definition) is 2. The number of rotatable bonds is 8. The van der Waals surface area contributed by atoms with Crippen molar-refractivity contribution in [1.82, 2.24) is 14.8 Å². The molecular formula is C29H28ClN5O2S. The van der Waals surface area contributed by atoms with E-state index in [2.05, 4.69) is 22.5 Å². The number of hydrogen-bond acceptors (Lipinski definition) is 6. The number of anilines is 2. The lowest BCUT2D eigenvalue weighted by atomic mass is 9.95. The summed E-state index contributed by atoms with van der Waals surface area (Å²) in [4.78, 5) is 18.3. The van der Waals surface area contributed by atoms with E-state index in [1.807, 2.05) is 86.6 Å². The number of nitrogens with one attached hydrogen (secondary N) is 2. The first-order valence-electron chi connectivity index (χ1n) is 12.3. The highest BCUT2D eigenvalue weighted by atomic mass is 35.5. The van der Waals surface area contributed by atoms with E-state index in [1.165, 1.54) is 0 Å². The molecule has 0 saturated carbocycles. The first-order valence-corrected chi connectivity index (χ1v) is 13.7. The van der Waals surface area contributed by atoms with Crippen LogP contribution in [0, 0.1) is 6.92 Å². The normalized spacial score (nSPS) is 14.6. The molecule has 0 radical (unpaired) electrons. The number of thioether (sulfide) groups is 1. The van der Waals surface area contributed by atoms with E-state index in [1.54, 1.807) is 16.4 Å². The van der Waals surface area contributed by atoms with Gasteiger partial charge >= 0.3 is 0 Å². The molecule has 7 nitrogen and oxygen atoms in total. The SMILES string of the molecule is CCSc1nc2n(n1)C(c1ccc(OCc3ccccc3Cl)cc1)C(C(=O)Nc1cccc(C)c1)=C(C)N2. The second-order valence-electron chi connectivity index (χ2n) is 8.93. The second kappa shape index (κ2) is 11.3. The molecule has 0 bridgehead atoms. The van der Waals surface area contributed by atoms with Crippen LogP contribution in [0.25, 0.3) is 0 Å². The monoisotopic (exact) mass is 545 g/mol. The minimum Gasteiger partial charge on any atom is -0.489 e. The number of fused-ring (bicyclic) bond motifs is 1. The third-order valence-electron chi connectivity index (χ3n) is 6.18. The summed E-state index contributed by atoms with van der Waals surface area (Å²) in [5.41, 5.74) is 4.92. The Labute approximate surface area is 231 Å². The molecule has 1 unspecified atom stereocenters. The van der Waals surface area contributed by atoms with Crippen LogP contribution in [-0.4, -0.2) is 26.4 Å². The third kappa shape index (κ3) is 5.56. The number of amides is 1. The van der Waals surface area contributed by atoms with Crippen LogP contribution in [0.2, 0.25) is 5.02 Å². The number of ether oxygens (including phenoxy) is 1. The van der Waals surface area contributed by atoms with Crippen LogP contribution in [0.15, 0.2) is 89.2 Å². The summed E-state index contributed by atoms with van der Waals surface area (Å²) in [5, 5.41) is 12.4. The number of aromatic nitrogens is 3. The molecule has 1 aromatic heterocycles. The molecule has 3 aromatic carbocycles. The van der Waals surface area contributed by atoms with Crippen molar-refractivity contribution in [2.24, 2.45) is 0 Å². The fourth-order valence-electron chi connectivity index (χ4n) is 4.37. The van der Waals surface area contributed by atoms with Gasteiger partial charge in [-0.3, -0.25) is 4.79 Å². The van der Waals surface area contributed by atoms with Crippen molar-refractivity contribution in [1.29, 1.82) is 0 Å².